The van der Waals surface area contributed by atoms with Crippen molar-refractivity contribution >= 4 is 13.3 Å². The predicted molar refractivity (Wildman–Crippen MR) is 83.8 cm³/mol. The third-order valence-electron chi connectivity index (χ3n) is 3.87. The average molecular weight is 256 g/mol. The summed E-state index contributed by atoms with van der Waals surface area (Å²) in [4.78, 5) is 0. The maximum absolute atomic E-state index is 4.26. The molecule has 18 heavy (non-hydrogen) atoms. The highest BCUT2D eigenvalue weighted by Crippen LogP contribution is 2.43. The molecule has 0 nitrogen and oxygen atoms in total. The van der Waals surface area contributed by atoms with Gasteiger partial charge in [0, 0.05) is 0 Å². The Balaban J connectivity index is 2.31. The van der Waals surface area contributed by atoms with Crippen molar-refractivity contribution in [1.29, 1.82) is 0 Å². The maximum atomic E-state index is 4.26. The van der Waals surface area contributed by atoms with Crippen molar-refractivity contribution in [2.24, 2.45) is 5.41 Å². The highest BCUT2D eigenvalue weighted by Gasteiger charge is 2.31. The van der Waals surface area contributed by atoms with Crippen LogP contribution in [0, 0.1) is 5.41 Å². The average Bonchev–Trinajstić information content (AvgIpc) is 2.52. The van der Waals surface area contributed by atoms with Crippen molar-refractivity contribution in [2.75, 3.05) is 0 Å². The van der Waals surface area contributed by atoms with Gasteiger partial charge in [-0.05, 0) is 18.3 Å². The molecule has 1 aromatic rings. The molecule has 0 saturated heterocycles. The number of hydrogen-bond acceptors (Lipinski definition) is 0. The van der Waals surface area contributed by atoms with E-state index in [1.54, 1.807) is 0 Å². The largest absolute Gasteiger partial charge is 0.104 e. The fraction of sp³-hybridized carbons (Fsp3) is 0.412. The molecular formula is C17H24Si. The third-order valence-corrected chi connectivity index (χ3v) is 6.76. The lowest BCUT2D eigenvalue weighted by Gasteiger charge is -2.20. The van der Waals surface area contributed by atoms with Crippen LogP contribution >= 0.6 is 0 Å². The minimum atomic E-state index is -1.47. The lowest BCUT2D eigenvalue weighted by molar-refractivity contribution is 0.402. The van der Waals surface area contributed by atoms with Crippen molar-refractivity contribution in [3.8, 4) is 0 Å². The van der Waals surface area contributed by atoms with E-state index in [2.05, 4.69) is 69.6 Å². The molecule has 0 bridgehead atoms. The van der Waals surface area contributed by atoms with Crippen LogP contribution in [0.15, 0.2) is 53.8 Å². The summed E-state index contributed by atoms with van der Waals surface area (Å²) >= 11 is 0. The lowest BCUT2D eigenvalue weighted by atomic mass is 9.91. The maximum Gasteiger partial charge on any atom is 0.104 e. The van der Waals surface area contributed by atoms with Gasteiger partial charge in [-0.15, -0.1) is 0 Å². The first-order chi connectivity index (χ1) is 8.30. The van der Waals surface area contributed by atoms with Crippen molar-refractivity contribution in [3.63, 3.8) is 0 Å². The van der Waals surface area contributed by atoms with E-state index >= 15 is 0 Å². The molecule has 96 valence electrons. The summed E-state index contributed by atoms with van der Waals surface area (Å²) in [6.45, 7) is 13.8. The Morgan fingerprint density at radius 2 is 1.72 bits per heavy atom. The van der Waals surface area contributed by atoms with Gasteiger partial charge in [0.15, 0.2) is 0 Å². The molecule has 0 spiro atoms. The molecule has 0 aliphatic heterocycles. The van der Waals surface area contributed by atoms with Gasteiger partial charge in [0.25, 0.3) is 0 Å². The van der Waals surface area contributed by atoms with Crippen LogP contribution in [0.2, 0.25) is 13.1 Å². The zero-order valence-corrected chi connectivity index (χ0v) is 13.1. The number of allylic oxidation sites excluding steroid dienone is 2. The number of benzene rings is 1. The van der Waals surface area contributed by atoms with Crippen molar-refractivity contribution in [1.82, 2.24) is 0 Å². The second kappa shape index (κ2) is 4.54. The fourth-order valence-corrected chi connectivity index (χ4v) is 5.33. The first-order valence-electron chi connectivity index (χ1n) is 6.76. The summed E-state index contributed by atoms with van der Waals surface area (Å²) in [6, 6.07) is 10.9. The van der Waals surface area contributed by atoms with E-state index in [-0.39, 0.29) is 0 Å². The molecular weight excluding hydrogens is 232 g/mol. The summed E-state index contributed by atoms with van der Waals surface area (Å²) in [5, 5.41) is 1.51. The first-order valence-corrected chi connectivity index (χ1v) is 9.83. The second-order valence-corrected chi connectivity index (χ2v) is 11.2. The van der Waals surface area contributed by atoms with Gasteiger partial charge in [-0.25, -0.2) is 0 Å². The van der Waals surface area contributed by atoms with Crippen LogP contribution in [0.25, 0.3) is 0 Å². The molecule has 1 aliphatic carbocycles. The monoisotopic (exact) mass is 256 g/mol. The molecule has 0 atom stereocenters. The van der Waals surface area contributed by atoms with Gasteiger partial charge in [-0.3, -0.25) is 0 Å². The van der Waals surface area contributed by atoms with Crippen LogP contribution in [-0.2, 0) is 0 Å². The Morgan fingerprint density at radius 1 is 1.11 bits per heavy atom. The quantitative estimate of drug-likeness (QED) is 0.686. The van der Waals surface area contributed by atoms with E-state index in [4.69, 9.17) is 0 Å². The molecule has 1 aliphatic rings. The molecule has 0 aromatic heterocycles. The van der Waals surface area contributed by atoms with Crippen LogP contribution < -0.4 is 5.19 Å². The van der Waals surface area contributed by atoms with E-state index in [0.717, 1.165) is 6.42 Å². The van der Waals surface area contributed by atoms with Gasteiger partial charge >= 0.3 is 0 Å². The summed E-state index contributed by atoms with van der Waals surface area (Å²) in [7, 11) is -1.47. The summed E-state index contributed by atoms with van der Waals surface area (Å²) < 4.78 is 0. The van der Waals surface area contributed by atoms with E-state index in [9.17, 15) is 0 Å². The van der Waals surface area contributed by atoms with Gasteiger partial charge in [-0.2, -0.15) is 0 Å². The van der Waals surface area contributed by atoms with E-state index in [1.165, 1.54) is 22.8 Å². The van der Waals surface area contributed by atoms with Crippen LogP contribution in [0.4, 0.5) is 0 Å². The van der Waals surface area contributed by atoms with Crippen molar-refractivity contribution < 1.29 is 0 Å². The molecule has 0 amide bonds. The molecule has 1 fully saturated rings. The van der Waals surface area contributed by atoms with Crippen molar-refractivity contribution in [3.05, 3.63) is 53.8 Å². The fourth-order valence-electron chi connectivity index (χ4n) is 2.93. The molecule has 0 radical (unpaired) electrons. The summed E-state index contributed by atoms with van der Waals surface area (Å²) in [6.07, 6.45) is 2.34. The smallest absolute Gasteiger partial charge is 0.0956 e. The lowest BCUT2D eigenvalue weighted by Crippen LogP contribution is -2.39. The van der Waals surface area contributed by atoms with Gasteiger partial charge in [0.1, 0.15) is 8.07 Å². The van der Waals surface area contributed by atoms with E-state index < -0.39 is 8.07 Å². The zero-order chi connectivity index (χ0) is 13.4. The summed E-state index contributed by atoms with van der Waals surface area (Å²) in [5.74, 6) is 0. The van der Waals surface area contributed by atoms with Crippen LogP contribution in [0.3, 0.4) is 0 Å². The molecule has 1 heteroatoms. The second-order valence-electron chi connectivity index (χ2n) is 6.88. The topological polar surface area (TPSA) is 0 Å². The van der Waals surface area contributed by atoms with Crippen LogP contribution in [0.5, 0.6) is 0 Å². The van der Waals surface area contributed by atoms with E-state index in [0.29, 0.717) is 5.41 Å². The highest BCUT2D eigenvalue weighted by molar-refractivity contribution is 6.94. The Kier molecular flexibility index (Phi) is 3.37. The Hall–Kier alpha value is -1.08. The van der Waals surface area contributed by atoms with Gasteiger partial charge in [0.05, 0.1) is 0 Å². The standard InChI is InChI=1S/C17H24Si/c1-14-11-17(2,3)12-15(14)13-18(4,5)16-9-7-6-8-10-16/h6-10,13H,1,11-12H2,2-5H3/b15-13+. The predicted octanol–water partition coefficient (Wildman–Crippen LogP) is 4.44. The van der Waals surface area contributed by atoms with Gasteiger partial charge in [-0.1, -0.05) is 85.9 Å². The molecule has 1 aromatic carbocycles. The van der Waals surface area contributed by atoms with Crippen LogP contribution in [0.1, 0.15) is 26.7 Å². The van der Waals surface area contributed by atoms with Gasteiger partial charge in [0.2, 0.25) is 0 Å². The molecule has 0 heterocycles. The number of rotatable bonds is 2. The Morgan fingerprint density at radius 3 is 2.22 bits per heavy atom. The number of hydrogen-bond donors (Lipinski definition) is 0. The summed E-state index contributed by atoms with van der Waals surface area (Å²) in [5.41, 5.74) is 5.83. The van der Waals surface area contributed by atoms with Crippen LogP contribution in [-0.4, -0.2) is 8.07 Å². The minimum absolute atomic E-state index is 0.407. The normalized spacial score (nSPS) is 21.6. The molecule has 0 N–H and O–H groups in total. The minimum Gasteiger partial charge on any atom is -0.0956 e. The molecule has 2 rings (SSSR count). The van der Waals surface area contributed by atoms with E-state index in [1.807, 2.05) is 0 Å². The van der Waals surface area contributed by atoms with Crippen molar-refractivity contribution in [2.45, 2.75) is 39.8 Å². The third kappa shape index (κ3) is 2.84. The molecule has 1 saturated carbocycles. The zero-order valence-electron chi connectivity index (χ0n) is 12.1. The van der Waals surface area contributed by atoms with Gasteiger partial charge < -0.3 is 0 Å². The Bertz CT molecular complexity index is 478. The Labute approximate surface area is 112 Å². The SMILES string of the molecule is C=C1CC(C)(C)C/C1=C\[Si](C)(C)c1ccccc1. The molecule has 0 unspecified atom stereocenters. The highest BCUT2D eigenvalue weighted by atomic mass is 28.3. The first kappa shape index (κ1) is 13.4.